The van der Waals surface area contributed by atoms with Gasteiger partial charge in [0.05, 0.1) is 29.1 Å². The minimum atomic E-state index is -0.481. The number of aromatic nitrogens is 3. The van der Waals surface area contributed by atoms with Crippen LogP contribution in [0.25, 0.3) is 16.8 Å². The molecule has 164 valence electrons. The molecule has 0 aliphatic heterocycles. The van der Waals surface area contributed by atoms with Crippen LogP contribution in [-0.4, -0.2) is 25.6 Å². The van der Waals surface area contributed by atoms with Crippen molar-refractivity contribution in [1.29, 1.82) is 0 Å². The van der Waals surface area contributed by atoms with Gasteiger partial charge in [0.15, 0.2) is 0 Å². The van der Waals surface area contributed by atoms with Crippen LogP contribution >= 0.6 is 0 Å². The molecule has 4 rings (SSSR count). The third-order valence-corrected chi connectivity index (χ3v) is 4.96. The molecular weight excluding hydrogens is 422 g/mol. The molecule has 0 atom stereocenters. The number of nitro groups is 1. The summed E-state index contributed by atoms with van der Waals surface area (Å²) < 4.78 is 1.37. The molecule has 1 N–H and O–H groups in total. The van der Waals surface area contributed by atoms with Gasteiger partial charge in [0, 0.05) is 36.0 Å². The first-order valence-electron chi connectivity index (χ1n) is 10.1. The van der Waals surface area contributed by atoms with Crippen molar-refractivity contribution in [3.8, 4) is 0 Å². The Kier molecular flexibility index (Phi) is 6.31. The molecule has 4 aromatic rings. The van der Waals surface area contributed by atoms with Crippen molar-refractivity contribution in [3.63, 3.8) is 0 Å². The summed E-state index contributed by atoms with van der Waals surface area (Å²) in [5, 5.41) is 19.2. The molecule has 0 radical (unpaired) electrons. The van der Waals surface area contributed by atoms with Gasteiger partial charge in [-0.15, -0.1) is 0 Å². The lowest BCUT2D eigenvalue weighted by Gasteiger charge is -2.11. The molecule has 1 amide bonds. The van der Waals surface area contributed by atoms with Crippen LogP contribution in [0.3, 0.4) is 0 Å². The third-order valence-electron chi connectivity index (χ3n) is 4.96. The van der Waals surface area contributed by atoms with E-state index in [0.717, 1.165) is 5.56 Å². The van der Waals surface area contributed by atoms with Gasteiger partial charge in [-0.3, -0.25) is 24.7 Å². The Balaban J connectivity index is 1.52. The fraction of sp³-hybridized carbons (Fsp3) is 0.0833. The number of amides is 1. The highest BCUT2D eigenvalue weighted by molar-refractivity contribution is 5.92. The molecule has 2 aromatic heterocycles. The SMILES string of the molecule is O=C(/C=C/c1ccc([N+](=O)[O-])cc1)NCc1nn(Cc2cccnc2)c(=O)c2ccccc12. The summed E-state index contributed by atoms with van der Waals surface area (Å²) in [5.41, 5.74) is 1.82. The van der Waals surface area contributed by atoms with Crippen molar-refractivity contribution in [2.75, 3.05) is 0 Å². The van der Waals surface area contributed by atoms with Crippen LogP contribution in [0.4, 0.5) is 5.69 Å². The van der Waals surface area contributed by atoms with E-state index in [-0.39, 0.29) is 30.2 Å². The molecule has 9 heteroatoms. The second kappa shape index (κ2) is 9.65. The maximum absolute atomic E-state index is 12.9. The Morgan fingerprint density at radius 1 is 1.06 bits per heavy atom. The number of hydrogen-bond donors (Lipinski definition) is 1. The molecule has 9 nitrogen and oxygen atoms in total. The monoisotopic (exact) mass is 441 g/mol. The maximum atomic E-state index is 12.9. The molecule has 0 fully saturated rings. The van der Waals surface area contributed by atoms with Crippen molar-refractivity contribution < 1.29 is 9.72 Å². The number of non-ortho nitro benzene ring substituents is 1. The van der Waals surface area contributed by atoms with Gasteiger partial charge in [-0.05, 0) is 41.5 Å². The number of nitrogens with one attached hydrogen (secondary N) is 1. The van der Waals surface area contributed by atoms with E-state index in [0.29, 0.717) is 22.0 Å². The van der Waals surface area contributed by atoms with Gasteiger partial charge in [0.1, 0.15) is 0 Å². The highest BCUT2D eigenvalue weighted by atomic mass is 16.6. The smallest absolute Gasteiger partial charge is 0.274 e. The van der Waals surface area contributed by atoms with Crippen molar-refractivity contribution in [2.45, 2.75) is 13.1 Å². The molecule has 0 bridgehead atoms. The van der Waals surface area contributed by atoms with Gasteiger partial charge in [-0.25, -0.2) is 4.68 Å². The summed E-state index contributed by atoms with van der Waals surface area (Å²) in [6.45, 7) is 0.385. The average Bonchev–Trinajstić information content (AvgIpc) is 2.84. The number of nitro benzene ring substituents is 1. The molecule has 0 aliphatic rings. The molecule has 0 saturated carbocycles. The van der Waals surface area contributed by atoms with Crippen LogP contribution in [0, 0.1) is 10.1 Å². The number of pyridine rings is 1. The number of hydrogen-bond acceptors (Lipinski definition) is 6. The standard InChI is InChI=1S/C24H19N5O4/c30-23(12-9-17-7-10-19(11-8-17)29(32)33)26-15-22-20-5-1-2-6-21(20)24(31)28(27-22)16-18-4-3-13-25-14-18/h1-14H,15-16H2,(H,26,30)/b12-9+. The van der Waals surface area contributed by atoms with Crippen LogP contribution < -0.4 is 10.9 Å². The third kappa shape index (κ3) is 5.16. The number of benzene rings is 2. The van der Waals surface area contributed by atoms with Crippen molar-refractivity contribution in [2.24, 2.45) is 0 Å². The maximum Gasteiger partial charge on any atom is 0.274 e. The van der Waals surface area contributed by atoms with Gasteiger partial charge in [-0.1, -0.05) is 24.3 Å². The lowest BCUT2D eigenvalue weighted by molar-refractivity contribution is -0.384. The van der Waals surface area contributed by atoms with Gasteiger partial charge < -0.3 is 5.32 Å². The van der Waals surface area contributed by atoms with E-state index < -0.39 is 4.92 Å². The predicted octanol–water partition coefficient (Wildman–Crippen LogP) is 3.08. The predicted molar refractivity (Wildman–Crippen MR) is 123 cm³/mol. The Hall–Kier alpha value is -4.66. The number of carbonyl (C=O) groups excluding carboxylic acids is 1. The zero-order chi connectivity index (χ0) is 23.2. The van der Waals surface area contributed by atoms with E-state index in [1.54, 1.807) is 54.9 Å². The summed E-state index contributed by atoms with van der Waals surface area (Å²) in [4.78, 5) is 39.5. The number of carbonyl (C=O) groups is 1. The van der Waals surface area contributed by atoms with Gasteiger partial charge >= 0.3 is 0 Å². The van der Waals surface area contributed by atoms with Crippen LogP contribution in [-0.2, 0) is 17.9 Å². The normalized spacial score (nSPS) is 11.0. The second-order valence-electron chi connectivity index (χ2n) is 7.22. The van der Waals surface area contributed by atoms with Crippen molar-refractivity contribution in [3.05, 3.63) is 116 Å². The van der Waals surface area contributed by atoms with Gasteiger partial charge in [-0.2, -0.15) is 5.10 Å². The average molecular weight is 441 g/mol. The molecule has 0 spiro atoms. The highest BCUT2D eigenvalue weighted by Crippen LogP contribution is 2.14. The van der Waals surface area contributed by atoms with Crippen LogP contribution in [0.5, 0.6) is 0 Å². The molecule has 0 aliphatic carbocycles. The number of nitrogens with zero attached hydrogens (tertiary/aromatic N) is 4. The van der Waals surface area contributed by atoms with Gasteiger partial charge in [0.2, 0.25) is 5.91 Å². The fourth-order valence-electron chi connectivity index (χ4n) is 3.32. The van der Waals surface area contributed by atoms with E-state index in [2.05, 4.69) is 15.4 Å². The van der Waals surface area contributed by atoms with Crippen molar-refractivity contribution in [1.82, 2.24) is 20.1 Å². The summed E-state index contributed by atoms with van der Waals surface area (Å²) >= 11 is 0. The Labute approximate surface area is 188 Å². The van der Waals surface area contributed by atoms with Crippen LogP contribution in [0.2, 0.25) is 0 Å². The summed E-state index contributed by atoms with van der Waals surface area (Å²) in [6, 6.07) is 16.7. The topological polar surface area (TPSA) is 120 Å². The zero-order valence-electron chi connectivity index (χ0n) is 17.4. The first-order chi connectivity index (χ1) is 16.0. The van der Waals surface area contributed by atoms with Crippen molar-refractivity contribution >= 4 is 28.4 Å². The van der Waals surface area contributed by atoms with E-state index in [9.17, 15) is 19.7 Å². The molecule has 0 unspecified atom stereocenters. The second-order valence-corrected chi connectivity index (χ2v) is 7.22. The number of rotatable bonds is 7. The van der Waals surface area contributed by atoms with Crippen LogP contribution in [0.1, 0.15) is 16.8 Å². The first-order valence-corrected chi connectivity index (χ1v) is 10.1. The lowest BCUT2D eigenvalue weighted by atomic mass is 10.1. The summed E-state index contributed by atoms with van der Waals surface area (Å²) in [6.07, 6.45) is 6.24. The van der Waals surface area contributed by atoms with Gasteiger partial charge in [0.25, 0.3) is 11.2 Å². The Morgan fingerprint density at radius 3 is 2.52 bits per heavy atom. The first kappa shape index (κ1) is 21.6. The zero-order valence-corrected chi connectivity index (χ0v) is 17.4. The van der Waals surface area contributed by atoms with E-state index in [1.807, 2.05) is 12.1 Å². The van der Waals surface area contributed by atoms with Crippen LogP contribution in [0.15, 0.2) is 83.9 Å². The molecular formula is C24H19N5O4. The van der Waals surface area contributed by atoms with E-state index >= 15 is 0 Å². The minimum absolute atomic E-state index is 0.0176. The highest BCUT2D eigenvalue weighted by Gasteiger charge is 2.11. The number of fused-ring (bicyclic) bond motifs is 1. The Bertz CT molecular complexity index is 1400. The summed E-state index contributed by atoms with van der Waals surface area (Å²) in [5.74, 6) is -0.357. The molecule has 33 heavy (non-hydrogen) atoms. The summed E-state index contributed by atoms with van der Waals surface area (Å²) in [7, 11) is 0. The largest absolute Gasteiger partial charge is 0.347 e. The molecule has 2 heterocycles. The lowest BCUT2D eigenvalue weighted by Crippen LogP contribution is -2.28. The van der Waals surface area contributed by atoms with E-state index in [1.165, 1.54) is 22.9 Å². The minimum Gasteiger partial charge on any atom is -0.347 e. The quantitative estimate of drug-likeness (QED) is 0.267. The Morgan fingerprint density at radius 2 is 1.82 bits per heavy atom. The molecule has 0 saturated heterocycles. The molecule has 2 aromatic carbocycles. The van der Waals surface area contributed by atoms with E-state index in [4.69, 9.17) is 0 Å². The fourth-order valence-corrected chi connectivity index (χ4v) is 3.32.